The number of rotatable bonds is 3. The van der Waals surface area contributed by atoms with Crippen LogP contribution in [0.1, 0.15) is 41.3 Å². The summed E-state index contributed by atoms with van der Waals surface area (Å²) in [6, 6.07) is 17.9. The molecule has 2 aromatic carbocycles. The van der Waals surface area contributed by atoms with Crippen molar-refractivity contribution < 1.29 is 4.79 Å². The molecule has 0 aliphatic heterocycles. The first-order valence-electron chi connectivity index (χ1n) is 6.75. The molecule has 0 bridgehead atoms. The molecule has 94 valence electrons. The maximum absolute atomic E-state index is 12.6. The molecule has 1 nitrogen and oxygen atoms in total. The quantitative estimate of drug-likeness (QED) is 0.776. The van der Waals surface area contributed by atoms with Crippen LogP contribution in [0.3, 0.4) is 0 Å². The normalized spacial score (nSPS) is 13.8. The maximum Gasteiger partial charge on any atom is 0.194 e. The molecule has 2 aromatic rings. The Hall–Kier alpha value is -2.15. The lowest BCUT2D eigenvalue weighted by Gasteiger charge is -2.06. The molecular formula is C18H16O. The first-order valence-corrected chi connectivity index (χ1v) is 6.75. The van der Waals surface area contributed by atoms with Gasteiger partial charge in [0.25, 0.3) is 0 Å². The van der Waals surface area contributed by atoms with E-state index in [2.05, 4.69) is 13.0 Å². The van der Waals surface area contributed by atoms with Crippen LogP contribution in [-0.2, 0) is 0 Å². The minimum Gasteiger partial charge on any atom is -0.289 e. The Morgan fingerprint density at radius 2 is 1.47 bits per heavy atom. The third-order valence-corrected chi connectivity index (χ3v) is 3.59. The maximum atomic E-state index is 12.6. The van der Waals surface area contributed by atoms with E-state index in [4.69, 9.17) is 0 Å². The van der Waals surface area contributed by atoms with Crippen LogP contribution in [0.25, 0.3) is 11.1 Å². The van der Waals surface area contributed by atoms with Crippen molar-refractivity contribution in [2.45, 2.75) is 19.8 Å². The van der Waals surface area contributed by atoms with Crippen LogP contribution in [0.5, 0.6) is 0 Å². The predicted molar refractivity (Wildman–Crippen MR) is 78.9 cm³/mol. The van der Waals surface area contributed by atoms with Gasteiger partial charge >= 0.3 is 0 Å². The number of carbonyl (C=O) groups is 1. The van der Waals surface area contributed by atoms with Crippen LogP contribution >= 0.6 is 0 Å². The fourth-order valence-corrected chi connectivity index (χ4v) is 2.77. The number of benzene rings is 2. The number of ketones is 1. The highest BCUT2D eigenvalue weighted by atomic mass is 16.1. The summed E-state index contributed by atoms with van der Waals surface area (Å²) in [5.41, 5.74) is 5.10. The highest BCUT2D eigenvalue weighted by Crippen LogP contribution is 2.40. The molecule has 0 radical (unpaired) electrons. The third kappa shape index (κ3) is 1.91. The molecule has 19 heavy (non-hydrogen) atoms. The summed E-state index contributed by atoms with van der Waals surface area (Å²) in [4.78, 5) is 12.6. The van der Waals surface area contributed by atoms with Gasteiger partial charge in [-0.05, 0) is 23.1 Å². The van der Waals surface area contributed by atoms with E-state index in [1.165, 1.54) is 5.57 Å². The zero-order chi connectivity index (χ0) is 13.2. The van der Waals surface area contributed by atoms with Gasteiger partial charge in [0, 0.05) is 11.1 Å². The minimum atomic E-state index is 0.172. The van der Waals surface area contributed by atoms with Crippen LogP contribution in [0, 0.1) is 0 Å². The van der Waals surface area contributed by atoms with Crippen molar-refractivity contribution in [1.29, 1.82) is 0 Å². The summed E-state index contributed by atoms with van der Waals surface area (Å²) in [7, 11) is 0. The Bertz CT molecular complexity index is 650. The van der Waals surface area contributed by atoms with Gasteiger partial charge in [0.1, 0.15) is 0 Å². The molecule has 0 amide bonds. The molecule has 0 heterocycles. The van der Waals surface area contributed by atoms with Gasteiger partial charge in [-0.1, -0.05) is 67.9 Å². The average molecular weight is 248 g/mol. The van der Waals surface area contributed by atoms with Crippen molar-refractivity contribution in [2.24, 2.45) is 0 Å². The zero-order valence-electron chi connectivity index (χ0n) is 11.0. The molecule has 0 fully saturated rings. The standard InChI is InChI=1S/C18H16O/c1-2-8-15-14-11-6-7-12-16(14)18(19)17(15)13-9-4-3-5-10-13/h3-7,9-12H,2,8H2,1H3. The lowest BCUT2D eigenvalue weighted by atomic mass is 9.97. The van der Waals surface area contributed by atoms with Crippen molar-refractivity contribution in [3.63, 3.8) is 0 Å². The van der Waals surface area contributed by atoms with E-state index < -0.39 is 0 Å². The molecule has 0 aromatic heterocycles. The first kappa shape index (κ1) is 11.9. The van der Waals surface area contributed by atoms with E-state index in [0.717, 1.165) is 35.1 Å². The second-order valence-electron chi connectivity index (χ2n) is 4.84. The monoisotopic (exact) mass is 248 g/mol. The number of fused-ring (bicyclic) bond motifs is 1. The zero-order valence-corrected chi connectivity index (χ0v) is 11.0. The van der Waals surface area contributed by atoms with Crippen LogP contribution < -0.4 is 0 Å². The van der Waals surface area contributed by atoms with E-state index >= 15 is 0 Å². The predicted octanol–water partition coefficient (Wildman–Crippen LogP) is 4.59. The van der Waals surface area contributed by atoms with E-state index in [1.54, 1.807) is 0 Å². The van der Waals surface area contributed by atoms with Crippen LogP contribution in [0.2, 0.25) is 0 Å². The lowest BCUT2D eigenvalue weighted by molar-refractivity contribution is 0.105. The van der Waals surface area contributed by atoms with Crippen molar-refractivity contribution in [3.05, 3.63) is 71.3 Å². The largest absolute Gasteiger partial charge is 0.289 e. The third-order valence-electron chi connectivity index (χ3n) is 3.59. The molecule has 0 atom stereocenters. The number of hydrogen-bond donors (Lipinski definition) is 0. The fraction of sp³-hybridized carbons (Fsp3) is 0.167. The van der Waals surface area contributed by atoms with Gasteiger partial charge in [0.15, 0.2) is 5.78 Å². The molecule has 0 unspecified atom stereocenters. The Labute approximate surface area is 113 Å². The van der Waals surface area contributed by atoms with E-state index in [1.807, 2.05) is 48.5 Å². The van der Waals surface area contributed by atoms with Gasteiger partial charge in [-0.3, -0.25) is 4.79 Å². The van der Waals surface area contributed by atoms with Gasteiger partial charge in [-0.25, -0.2) is 0 Å². The molecule has 3 rings (SSSR count). The van der Waals surface area contributed by atoms with E-state index in [0.29, 0.717) is 0 Å². The minimum absolute atomic E-state index is 0.172. The van der Waals surface area contributed by atoms with Crippen molar-refractivity contribution in [3.8, 4) is 0 Å². The number of hydrogen-bond acceptors (Lipinski definition) is 1. The molecule has 0 saturated heterocycles. The molecule has 1 aliphatic rings. The van der Waals surface area contributed by atoms with Gasteiger partial charge in [-0.2, -0.15) is 0 Å². The summed E-state index contributed by atoms with van der Waals surface area (Å²) in [6.45, 7) is 2.15. The Balaban J connectivity index is 2.21. The number of Topliss-reactive ketones (excluding diaryl/α,β-unsaturated/α-hetero) is 1. The molecule has 0 saturated carbocycles. The Kier molecular flexibility index (Phi) is 3.04. The topological polar surface area (TPSA) is 17.1 Å². The molecular weight excluding hydrogens is 232 g/mol. The molecule has 0 spiro atoms. The van der Waals surface area contributed by atoms with Crippen LogP contribution in [-0.4, -0.2) is 5.78 Å². The second-order valence-corrected chi connectivity index (χ2v) is 4.84. The van der Waals surface area contributed by atoms with Crippen molar-refractivity contribution in [1.82, 2.24) is 0 Å². The van der Waals surface area contributed by atoms with E-state index in [9.17, 15) is 4.79 Å². The summed E-state index contributed by atoms with van der Waals surface area (Å²) in [5.74, 6) is 0.172. The number of allylic oxidation sites excluding steroid dienone is 2. The van der Waals surface area contributed by atoms with Gasteiger partial charge in [0.2, 0.25) is 0 Å². The van der Waals surface area contributed by atoms with Gasteiger partial charge in [-0.15, -0.1) is 0 Å². The summed E-state index contributed by atoms with van der Waals surface area (Å²) in [6.07, 6.45) is 2.00. The smallest absolute Gasteiger partial charge is 0.194 e. The summed E-state index contributed by atoms with van der Waals surface area (Å²) < 4.78 is 0. The average Bonchev–Trinajstić information content (AvgIpc) is 2.74. The highest BCUT2D eigenvalue weighted by Gasteiger charge is 2.29. The van der Waals surface area contributed by atoms with Gasteiger partial charge in [0.05, 0.1) is 0 Å². The van der Waals surface area contributed by atoms with Crippen molar-refractivity contribution in [2.75, 3.05) is 0 Å². The SMILES string of the molecule is CCCC1=C(c2ccccc2)C(=O)c2ccccc21. The van der Waals surface area contributed by atoms with Crippen molar-refractivity contribution >= 4 is 16.9 Å². The van der Waals surface area contributed by atoms with Gasteiger partial charge < -0.3 is 0 Å². The molecule has 1 heteroatoms. The number of carbonyl (C=O) groups excluding carboxylic acids is 1. The summed E-state index contributed by atoms with van der Waals surface area (Å²) in [5, 5.41) is 0. The first-order chi connectivity index (χ1) is 9.33. The lowest BCUT2D eigenvalue weighted by Crippen LogP contribution is -1.97. The highest BCUT2D eigenvalue weighted by molar-refractivity contribution is 6.39. The fourth-order valence-electron chi connectivity index (χ4n) is 2.77. The molecule has 1 aliphatic carbocycles. The van der Waals surface area contributed by atoms with E-state index in [-0.39, 0.29) is 5.78 Å². The summed E-state index contributed by atoms with van der Waals surface area (Å²) >= 11 is 0. The Morgan fingerprint density at radius 1 is 0.842 bits per heavy atom. The van der Waals surface area contributed by atoms with Crippen LogP contribution in [0.15, 0.2) is 54.6 Å². The second kappa shape index (κ2) is 4.85. The Morgan fingerprint density at radius 3 is 2.16 bits per heavy atom. The van der Waals surface area contributed by atoms with Crippen LogP contribution in [0.4, 0.5) is 0 Å². The molecule has 0 N–H and O–H groups in total.